The van der Waals surface area contributed by atoms with Crippen molar-refractivity contribution in [3.8, 4) is 0 Å². The molecule has 3 rings (SSSR count). The largest absolute Gasteiger partial charge is 0.356 e. The summed E-state index contributed by atoms with van der Waals surface area (Å²) in [5.74, 6) is 3.63. The highest BCUT2D eigenvalue weighted by atomic mass is 32.2. The molecule has 1 aromatic rings. The summed E-state index contributed by atoms with van der Waals surface area (Å²) < 4.78 is 0. The molecule has 2 N–H and O–H groups in total. The van der Waals surface area contributed by atoms with Crippen LogP contribution in [0, 0.1) is 12.8 Å². The minimum absolute atomic E-state index is 0.217. The van der Waals surface area contributed by atoms with Crippen LogP contribution in [0.25, 0.3) is 0 Å². The van der Waals surface area contributed by atoms with Crippen LogP contribution >= 0.6 is 23.1 Å². The molecule has 27 heavy (non-hydrogen) atoms. The highest BCUT2D eigenvalue weighted by Crippen LogP contribution is 2.27. The quantitative estimate of drug-likeness (QED) is 0.577. The fraction of sp³-hybridized carbons (Fsp3) is 0.737. The number of thiazole rings is 1. The Morgan fingerprint density at radius 2 is 2.04 bits per heavy atom. The number of thioether (sulfide) groups is 1. The van der Waals surface area contributed by atoms with E-state index in [2.05, 4.69) is 32.4 Å². The Balaban J connectivity index is 1.37. The average molecular weight is 410 g/mol. The fourth-order valence-corrected chi connectivity index (χ4v) is 5.41. The third-order valence-electron chi connectivity index (χ3n) is 5.26. The van der Waals surface area contributed by atoms with Gasteiger partial charge >= 0.3 is 0 Å². The molecule has 150 valence electrons. The molecule has 0 atom stereocenters. The van der Waals surface area contributed by atoms with Crippen molar-refractivity contribution in [2.45, 2.75) is 45.1 Å². The zero-order chi connectivity index (χ0) is 19.1. The van der Waals surface area contributed by atoms with Gasteiger partial charge in [0.1, 0.15) is 0 Å². The van der Waals surface area contributed by atoms with Crippen LogP contribution in [0.5, 0.6) is 0 Å². The first-order chi connectivity index (χ1) is 13.2. The average Bonchev–Trinajstić information content (AvgIpc) is 3.13. The maximum absolute atomic E-state index is 12.7. The maximum atomic E-state index is 12.7. The zero-order valence-electron chi connectivity index (χ0n) is 16.4. The highest BCUT2D eigenvalue weighted by molar-refractivity contribution is 7.99. The predicted octanol–water partition coefficient (Wildman–Crippen LogP) is 2.29. The number of guanidine groups is 1. The van der Waals surface area contributed by atoms with Gasteiger partial charge in [-0.15, -0.1) is 11.3 Å². The molecule has 6 nitrogen and oxygen atoms in total. The standard InChI is InChI=1S/C19H31N5OS2/c1-14-13-22-17(27-14)7-8-21-19(20-2)23-16-5-3-15(4-6-16)18(25)24-9-11-26-12-10-24/h13,15-16H,3-12H2,1-2H3,(H2,20,21,23). The second-order valence-corrected chi connectivity index (χ2v) is 9.79. The SMILES string of the molecule is CN=C(NCCc1ncc(C)s1)NC1CCC(C(=O)N2CCSCC2)CC1. The minimum Gasteiger partial charge on any atom is -0.356 e. The summed E-state index contributed by atoms with van der Waals surface area (Å²) in [6, 6.07) is 0.402. The number of hydrogen-bond donors (Lipinski definition) is 2. The molecule has 1 aliphatic carbocycles. The van der Waals surface area contributed by atoms with Crippen molar-refractivity contribution in [3.05, 3.63) is 16.1 Å². The normalized spacial score (nSPS) is 23.9. The van der Waals surface area contributed by atoms with Crippen molar-refractivity contribution in [2.24, 2.45) is 10.9 Å². The van der Waals surface area contributed by atoms with Gasteiger partial charge in [-0.2, -0.15) is 11.8 Å². The van der Waals surface area contributed by atoms with Crippen molar-refractivity contribution in [3.63, 3.8) is 0 Å². The van der Waals surface area contributed by atoms with Gasteiger partial charge in [-0.25, -0.2) is 4.98 Å². The van der Waals surface area contributed by atoms with E-state index in [0.717, 1.165) is 74.2 Å². The lowest BCUT2D eigenvalue weighted by molar-refractivity contribution is -0.136. The summed E-state index contributed by atoms with van der Waals surface area (Å²) in [5.41, 5.74) is 0. The molecule has 0 radical (unpaired) electrons. The number of carbonyl (C=O) groups is 1. The van der Waals surface area contributed by atoms with Gasteiger partial charge in [-0.05, 0) is 32.6 Å². The number of amides is 1. The summed E-state index contributed by atoms with van der Waals surface area (Å²) in [5, 5.41) is 8.08. The molecule has 1 saturated heterocycles. The van der Waals surface area contributed by atoms with E-state index in [1.54, 1.807) is 11.3 Å². The van der Waals surface area contributed by atoms with Crippen LogP contribution in [0.3, 0.4) is 0 Å². The van der Waals surface area contributed by atoms with Crippen LogP contribution < -0.4 is 10.6 Å². The molecule has 0 spiro atoms. The van der Waals surface area contributed by atoms with E-state index < -0.39 is 0 Å². The Hall–Kier alpha value is -1.28. The number of aliphatic imine (C=N–C) groups is 1. The molecule has 1 aliphatic heterocycles. The summed E-state index contributed by atoms with van der Waals surface area (Å²) in [6.45, 7) is 4.77. The monoisotopic (exact) mass is 409 g/mol. The van der Waals surface area contributed by atoms with Crippen molar-refractivity contribution < 1.29 is 4.79 Å². The Morgan fingerprint density at radius 1 is 1.30 bits per heavy atom. The van der Waals surface area contributed by atoms with E-state index in [-0.39, 0.29) is 5.92 Å². The highest BCUT2D eigenvalue weighted by Gasteiger charge is 2.30. The summed E-state index contributed by atoms with van der Waals surface area (Å²) >= 11 is 3.70. The Bertz CT molecular complexity index is 634. The second-order valence-electron chi connectivity index (χ2n) is 7.24. The van der Waals surface area contributed by atoms with Crippen molar-refractivity contribution in [1.29, 1.82) is 0 Å². The Kier molecular flexibility index (Phi) is 7.81. The number of hydrogen-bond acceptors (Lipinski definition) is 5. The maximum Gasteiger partial charge on any atom is 0.225 e. The second kappa shape index (κ2) is 10.3. The molecule has 1 amide bonds. The van der Waals surface area contributed by atoms with Gasteiger partial charge in [0.15, 0.2) is 5.96 Å². The van der Waals surface area contributed by atoms with Gasteiger partial charge in [-0.3, -0.25) is 9.79 Å². The van der Waals surface area contributed by atoms with Crippen molar-refractivity contribution in [2.75, 3.05) is 38.2 Å². The van der Waals surface area contributed by atoms with Crippen molar-refractivity contribution >= 4 is 35.0 Å². The summed E-state index contributed by atoms with van der Waals surface area (Å²) in [7, 11) is 1.81. The number of rotatable bonds is 5. The summed E-state index contributed by atoms with van der Waals surface area (Å²) in [4.78, 5) is 24.7. The number of nitrogens with zero attached hydrogens (tertiary/aromatic N) is 3. The Morgan fingerprint density at radius 3 is 2.67 bits per heavy atom. The molecule has 0 bridgehead atoms. The smallest absolute Gasteiger partial charge is 0.225 e. The molecular formula is C19H31N5OS2. The van der Waals surface area contributed by atoms with Gasteiger partial charge < -0.3 is 15.5 Å². The van der Waals surface area contributed by atoms with Gasteiger partial charge in [-0.1, -0.05) is 0 Å². The van der Waals surface area contributed by atoms with Gasteiger partial charge in [0.05, 0.1) is 5.01 Å². The molecule has 0 unspecified atom stereocenters. The van der Waals surface area contributed by atoms with E-state index >= 15 is 0 Å². The number of carbonyl (C=O) groups excluding carboxylic acids is 1. The first-order valence-electron chi connectivity index (χ1n) is 9.90. The molecule has 1 aromatic heterocycles. The van der Waals surface area contributed by atoms with Crippen LogP contribution in [0.1, 0.15) is 35.6 Å². The lowest BCUT2D eigenvalue weighted by Gasteiger charge is -2.34. The van der Waals surface area contributed by atoms with Crippen molar-refractivity contribution in [1.82, 2.24) is 20.5 Å². The van der Waals surface area contributed by atoms with Crippen LogP contribution in [0.4, 0.5) is 0 Å². The van der Waals surface area contributed by atoms with E-state index in [1.807, 2.05) is 25.0 Å². The van der Waals surface area contributed by atoms with Crippen LogP contribution in [0.15, 0.2) is 11.2 Å². The first kappa shape index (κ1) is 20.5. The molecule has 2 fully saturated rings. The van der Waals surface area contributed by atoms with Crippen LogP contribution in [0.2, 0.25) is 0 Å². The molecule has 0 aromatic carbocycles. The van der Waals surface area contributed by atoms with Gasteiger partial charge in [0.2, 0.25) is 5.91 Å². The fourth-order valence-electron chi connectivity index (χ4n) is 3.72. The lowest BCUT2D eigenvalue weighted by Crippen LogP contribution is -2.47. The van der Waals surface area contributed by atoms with Crippen LogP contribution in [-0.2, 0) is 11.2 Å². The third kappa shape index (κ3) is 6.10. The number of aromatic nitrogens is 1. The molecule has 8 heteroatoms. The first-order valence-corrected chi connectivity index (χ1v) is 11.9. The van der Waals surface area contributed by atoms with Crippen LogP contribution in [-0.4, -0.2) is 66.0 Å². The topological polar surface area (TPSA) is 69.6 Å². The van der Waals surface area contributed by atoms with E-state index in [1.165, 1.54) is 4.88 Å². The lowest BCUT2D eigenvalue weighted by atomic mass is 9.85. The van der Waals surface area contributed by atoms with E-state index in [0.29, 0.717) is 11.9 Å². The van der Waals surface area contributed by atoms with E-state index in [4.69, 9.17) is 0 Å². The Labute approximate surface area is 170 Å². The third-order valence-corrected chi connectivity index (χ3v) is 7.18. The van der Waals surface area contributed by atoms with Gasteiger partial charge in [0, 0.05) is 67.6 Å². The molecular weight excluding hydrogens is 378 g/mol. The molecule has 2 heterocycles. The predicted molar refractivity (Wildman–Crippen MR) is 115 cm³/mol. The minimum atomic E-state index is 0.217. The number of aryl methyl sites for hydroxylation is 1. The van der Waals surface area contributed by atoms with E-state index in [9.17, 15) is 4.79 Å². The summed E-state index contributed by atoms with van der Waals surface area (Å²) in [6.07, 6.45) is 6.87. The molecule has 2 aliphatic rings. The molecule has 1 saturated carbocycles. The zero-order valence-corrected chi connectivity index (χ0v) is 18.0. The number of nitrogens with one attached hydrogen (secondary N) is 2. The van der Waals surface area contributed by atoms with Gasteiger partial charge in [0.25, 0.3) is 0 Å².